The molecule has 0 saturated carbocycles. The van der Waals surface area contributed by atoms with Crippen LogP contribution in [-0.2, 0) is 0 Å². The summed E-state index contributed by atoms with van der Waals surface area (Å²) in [6, 6.07) is 6.33. The van der Waals surface area contributed by atoms with E-state index in [1.165, 1.54) is 18.9 Å². The smallest absolute Gasteiger partial charge is 0.123 e. The summed E-state index contributed by atoms with van der Waals surface area (Å²) >= 11 is 0. The van der Waals surface area contributed by atoms with Crippen molar-refractivity contribution in [3.63, 3.8) is 0 Å². The largest absolute Gasteiger partial charge is 0.324 e. The van der Waals surface area contributed by atoms with Crippen molar-refractivity contribution in [1.29, 1.82) is 0 Å². The van der Waals surface area contributed by atoms with Gasteiger partial charge in [-0.3, -0.25) is 0 Å². The second-order valence-corrected chi connectivity index (χ2v) is 6.31. The Morgan fingerprint density at radius 2 is 1.89 bits per heavy atom. The van der Waals surface area contributed by atoms with E-state index in [-0.39, 0.29) is 11.9 Å². The Labute approximate surface area is 114 Å². The molecule has 3 atom stereocenters. The number of hydrogen-bond acceptors (Lipinski definition) is 2. The maximum absolute atomic E-state index is 13.4. The molecular formula is C16H23FN2. The van der Waals surface area contributed by atoms with Crippen molar-refractivity contribution >= 4 is 0 Å². The normalized spacial score (nSPS) is 32.5. The fourth-order valence-electron chi connectivity index (χ4n) is 3.97. The van der Waals surface area contributed by atoms with Crippen molar-refractivity contribution in [2.75, 3.05) is 7.05 Å². The predicted octanol–water partition coefficient (Wildman–Crippen LogP) is 3.01. The number of piperidine rings is 1. The zero-order valence-corrected chi connectivity index (χ0v) is 11.8. The summed E-state index contributed by atoms with van der Waals surface area (Å²) in [5.41, 5.74) is 8.56. The molecule has 2 saturated heterocycles. The highest BCUT2D eigenvalue weighted by Gasteiger charge is 2.40. The maximum atomic E-state index is 13.4. The zero-order chi connectivity index (χ0) is 13.6. The quantitative estimate of drug-likeness (QED) is 0.887. The van der Waals surface area contributed by atoms with Gasteiger partial charge in [0.05, 0.1) is 0 Å². The number of halogens is 1. The molecule has 2 N–H and O–H groups in total. The van der Waals surface area contributed by atoms with E-state index in [4.69, 9.17) is 5.73 Å². The van der Waals surface area contributed by atoms with Gasteiger partial charge in [-0.05, 0) is 68.8 Å². The summed E-state index contributed by atoms with van der Waals surface area (Å²) in [5.74, 6) is 0.321. The first-order chi connectivity index (χ1) is 9.06. The second kappa shape index (κ2) is 4.88. The Kier molecular flexibility index (Phi) is 3.35. The predicted molar refractivity (Wildman–Crippen MR) is 75.4 cm³/mol. The fraction of sp³-hybridized carbons (Fsp3) is 0.625. The molecule has 19 heavy (non-hydrogen) atoms. The Morgan fingerprint density at radius 3 is 2.53 bits per heavy atom. The van der Waals surface area contributed by atoms with Crippen LogP contribution >= 0.6 is 0 Å². The molecule has 1 aromatic rings. The highest BCUT2D eigenvalue weighted by Crippen LogP contribution is 2.42. The molecule has 3 heteroatoms. The van der Waals surface area contributed by atoms with Gasteiger partial charge in [0.15, 0.2) is 0 Å². The third kappa shape index (κ3) is 2.30. The summed E-state index contributed by atoms with van der Waals surface area (Å²) in [5, 5.41) is 0. The summed E-state index contributed by atoms with van der Waals surface area (Å²) in [6.45, 7) is 2.03. The van der Waals surface area contributed by atoms with Crippen molar-refractivity contribution in [3.8, 4) is 0 Å². The van der Waals surface area contributed by atoms with E-state index < -0.39 is 0 Å². The Morgan fingerprint density at radius 1 is 1.26 bits per heavy atom. The van der Waals surface area contributed by atoms with Crippen LogP contribution < -0.4 is 5.73 Å². The molecular weight excluding hydrogens is 239 g/mol. The number of fused-ring (bicyclic) bond motifs is 2. The summed E-state index contributed by atoms with van der Waals surface area (Å²) in [6.07, 6.45) is 4.91. The van der Waals surface area contributed by atoms with E-state index in [1.54, 1.807) is 6.07 Å². The van der Waals surface area contributed by atoms with Crippen LogP contribution in [-0.4, -0.2) is 24.0 Å². The minimum atomic E-state index is -0.174. The first-order valence-corrected chi connectivity index (χ1v) is 7.30. The highest BCUT2D eigenvalue weighted by molar-refractivity contribution is 5.30. The van der Waals surface area contributed by atoms with Gasteiger partial charge in [-0.25, -0.2) is 4.39 Å². The number of nitrogens with zero attached hydrogens (tertiary/aromatic N) is 1. The summed E-state index contributed by atoms with van der Waals surface area (Å²) in [7, 11) is 2.23. The van der Waals surface area contributed by atoms with Crippen molar-refractivity contribution in [1.82, 2.24) is 4.90 Å². The number of aryl methyl sites for hydroxylation is 1. The van der Waals surface area contributed by atoms with Crippen LogP contribution in [0.25, 0.3) is 0 Å². The van der Waals surface area contributed by atoms with Gasteiger partial charge in [0.25, 0.3) is 0 Å². The minimum Gasteiger partial charge on any atom is -0.324 e. The zero-order valence-electron chi connectivity index (χ0n) is 11.8. The van der Waals surface area contributed by atoms with Crippen LogP contribution in [0.1, 0.15) is 42.9 Å². The topological polar surface area (TPSA) is 29.3 Å². The number of rotatable bonds is 2. The third-order valence-electron chi connectivity index (χ3n) is 5.24. The van der Waals surface area contributed by atoms with E-state index >= 15 is 0 Å². The molecule has 3 rings (SSSR count). The van der Waals surface area contributed by atoms with Gasteiger partial charge >= 0.3 is 0 Å². The molecule has 2 bridgehead atoms. The molecule has 2 aliphatic rings. The van der Waals surface area contributed by atoms with Gasteiger partial charge in [0, 0.05) is 18.1 Å². The molecule has 0 spiro atoms. The van der Waals surface area contributed by atoms with Crippen molar-refractivity contribution < 1.29 is 4.39 Å². The molecule has 3 unspecified atom stereocenters. The lowest BCUT2D eigenvalue weighted by molar-refractivity contribution is 0.120. The summed E-state index contributed by atoms with van der Waals surface area (Å²) in [4.78, 5) is 2.52. The van der Waals surface area contributed by atoms with Gasteiger partial charge < -0.3 is 10.6 Å². The van der Waals surface area contributed by atoms with Crippen molar-refractivity contribution in [2.24, 2.45) is 11.7 Å². The van der Waals surface area contributed by atoms with Crippen molar-refractivity contribution in [2.45, 2.75) is 50.7 Å². The molecule has 0 aliphatic carbocycles. The highest BCUT2D eigenvalue weighted by atomic mass is 19.1. The van der Waals surface area contributed by atoms with Crippen molar-refractivity contribution in [3.05, 3.63) is 35.1 Å². The van der Waals surface area contributed by atoms with Crippen LogP contribution in [0.15, 0.2) is 18.2 Å². The maximum Gasteiger partial charge on any atom is 0.123 e. The Bertz CT molecular complexity index is 460. The van der Waals surface area contributed by atoms with Crippen LogP contribution in [0.5, 0.6) is 0 Å². The first-order valence-electron chi connectivity index (χ1n) is 7.30. The lowest BCUT2D eigenvalue weighted by atomic mass is 9.81. The molecule has 2 nitrogen and oxygen atoms in total. The molecule has 2 fully saturated rings. The van der Waals surface area contributed by atoms with Crippen LogP contribution in [0.3, 0.4) is 0 Å². The lowest BCUT2D eigenvalue weighted by Crippen LogP contribution is -2.42. The average molecular weight is 262 g/mol. The van der Waals surface area contributed by atoms with Gasteiger partial charge in [-0.1, -0.05) is 6.07 Å². The molecule has 0 radical (unpaired) electrons. The average Bonchev–Trinajstić information content (AvgIpc) is 2.64. The van der Waals surface area contributed by atoms with E-state index in [0.29, 0.717) is 18.0 Å². The molecule has 2 aliphatic heterocycles. The van der Waals surface area contributed by atoms with Crippen LogP contribution in [0.2, 0.25) is 0 Å². The third-order valence-corrected chi connectivity index (χ3v) is 5.24. The van der Waals surface area contributed by atoms with Gasteiger partial charge in [0.1, 0.15) is 5.82 Å². The SMILES string of the molecule is Cc1ccc(F)cc1C(N)C1CC2CCC(C1)N2C. The second-order valence-electron chi connectivity index (χ2n) is 6.31. The lowest BCUT2D eigenvalue weighted by Gasteiger charge is -2.39. The minimum absolute atomic E-state index is 0.0208. The summed E-state index contributed by atoms with van der Waals surface area (Å²) < 4.78 is 13.4. The molecule has 0 amide bonds. The van der Waals surface area contributed by atoms with Crippen LogP contribution in [0, 0.1) is 18.7 Å². The van der Waals surface area contributed by atoms with Gasteiger partial charge in [-0.2, -0.15) is 0 Å². The Hall–Kier alpha value is -0.930. The molecule has 1 aromatic carbocycles. The Balaban J connectivity index is 1.81. The molecule has 2 heterocycles. The van der Waals surface area contributed by atoms with E-state index in [2.05, 4.69) is 11.9 Å². The number of hydrogen-bond donors (Lipinski definition) is 1. The van der Waals surface area contributed by atoms with Gasteiger partial charge in [0.2, 0.25) is 0 Å². The van der Waals surface area contributed by atoms with E-state index in [1.807, 2.05) is 13.0 Å². The van der Waals surface area contributed by atoms with Crippen LogP contribution in [0.4, 0.5) is 4.39 Å². The first kappa shape index (κ1) is 13.1. The standard InChI is InChI=1S/C16H23FN2/c1-10-3-4-12(17)9-15(10)16(18)11-7-13-5-6-14(8-11)19(13)2/h3-4,9,11,13-14,16H,5-8,18H2,1-2H3. The molecule has 104 valence electrons. The van der Waals surface area contributed by atoms with E-state index in [0.717, 1.165) is 24.0 Å². The number of nitrogens with two attached hydrogens (primary N) is 1. The monoisotopic (exact) mass is 262 g/mol. The fourth-order valence-corrected chi connectivity index (χ4v) is 3.97. The van der Waals surface area contributed by atoms with Gasteiger partial charge in [-0.15, -0.1) is 0 Å². The van der Waals surface area contributed by atoms with E-state index in [9.17, 15) is 4.39 Å². The molecule has 0 aromatic heterocycles. The number of benzene rings is 1.